The molecule has 0 amide bonds. The summed E-state index contributed by atoms with van der Waals surface area (Å²) in [7, 11) is 1.66. The first-order valence-corrected chi connectivity index (χ1v) is 6.16. The van der Waals surface area contributed by atoms with Gasteiger partial charge in [0.25, 0.3) is 0 Å². The van der Waals surface area contributed by atoms with Crippen LogP contribution in [0.1, 0.15) is 26.2 Å². The van der Waals surface area contributed by atoms with Crippen LogP contribution in [0.25, 0.3) is 0 Å². The van der Waals surface area contributed by atoms with E-state index in [0.29, 0.717) is 33.0 Å². The maximum Gasteiger partial charge on any atom is 0.0700 e. The van der Waals surface area contributed by atoms with E-state index in [4.69, 9.17) is 25.1 Å². The van der Waals surface area contributed by atoms with Gasteiger partial charge in [-0.05, 0) is 26.2 Å². The molecule has 0 heterocycles. The van der Waals surface area contributed by atoms with Gasteiger partial charge in [0, 0.05) is 32.5 Å². The van der Waals surface area contributed by atoms with E-state index in [2.05, 4.69) is 0 Å². The van der Waals surface area contributed by atoms with Crippen molar-refractivity contribution in [2.24, 2.45) is 5.73 Å². The summed E-state index contributed by atoms with van der Waals surface area (Å²) in [5.41, 5.74) is 5.31. The summed E-state index contributed by atoms with van der Waals surface area (Å²) in [4.78, 5) is 0. The first-order valence-electron chi connectivity index (χ1n) is 6.16. The Balaban J connectivity index is 3.09. The molecule has 0 rings (SSSR count). The second kappa shape index (κ2) is 10.9. The third-order valence-electron chi connectivity index (χ3n) is 2.41. The molecule has 0 saturated heterocycles. The molecule has 0 radical (unpaired) electrons. The Morgan fingerprint density at radius 1 is 1.00 bits per heavy atom. The zero-order chi connectivity index (χ0) is 13.0. The maximum atomic E-state index is 8.94. The molecule has 0 aliphatic carbocycles. The highest BCUT2D eigenvalue weighted by Crippen LogP contribution is 2.07. The lowest BCUT2D eigenvalue weighted by atomic mass is 9.99. The second-order valence-corrected chi connectivity index (χ2v) is 4.49. The van der Waals surface area contributed by atoms with Gasteiger partial charge in [-0.25, -0.2) is 0 Å². The molecule has 0 fully saturated rings. The van der Waals surface area contributed by atoms with Crippen LogP contribution in [0.4, 0.5) is 0 Å². The molecule has 0 bridgehead atoms. The summed E-state index contributed by atoms with van der Waals surface area (Å²) in [5, 5.41) is 8.94. The highest BCUT2D eigenvalue weighted by Gasteiger charge is 2.15. The summed E-state index contributed by atoms with van der Waals surface area (Å²) in [5.74, 6) is 0. The molecule has 0 aliphatic rings. The highest BCUT2D eigenvalue weighted by molar-refractivity contribution is 4.76. The van der Waals surface area contributed by atoms with Crippen LogP contribution in [0.3, 0.4) is 0 Å². The number of rotatable bonds is 12. The van der Waals surface area contributed by atoms with Gasteiger partial charge >= 0.3 is 0 Å². The predicted molar refractivity (Wildman–Crippen MR) is 67.0 cm³/mol. The number of hydrogen-bond donors (Lipinski definition) is 2. The van der Waals surface area contributed by atoms with Crippen LogP contribution in [0, 0.1) is 0 Å². The van der Waals surface area contributed by atoms with Crippen molar-refractivity contribution < 1.29 is 19.3 Å². The van der Waals surface area contributed by atoms with Crippen LogP contribution in [-0.2, 0) is 14.2 Å². The molecule has 0 spiro atoms. The minimum absolute atomic E-state index is 0.0142. The quantitative estimate of drug-likeness (QED) is 0.494. The Bertz CT molecular complexity index is 165. The molecule has 5 nitrogen and oxygen atoms in total. The van der Waals surface area contributed by atoms with E-state index in [-0.39, 0.29) is 6.61 Å². The minimum Gasteiger partial charge on any atom is -0.394 e. The van der Waals surface area contributed by atoms with Crippen molar-refractivity contribution in [3.63, 3.8) is 0 Å². The van der Waals surface area contributed by atoms with Gasteiger partial charge in [-0.1, -0.05) is 0 Å². The molecular weight excluding hydrogens is 222 g/mol. The topological polar surface area (TPSA) is 73.9 Å². The lowest BCUT2D eigenvalue weighted by Gasteiger charge is -2.21. The van der Waals surface area contributed by atoms with Gasteiger partial charge in [0.1, 0.15) is 0 Å². The Kier molecular flexibility index (Phi) is 10.8. The van der Waals surface area contributed by atoms with Crippen LogP contribution in [0.15, 0.2) is 0 Å². The summed E-state index contributed by atoms with van der Waals surface area (Å²) in [6.45, 7) is 5.22. The molecule has 104 valence electrons. The van der Waals surface area contributed by atoms with Crippen molar-refractivity contribution in [2.45, 2.75) is 31.7 Å². The standard InChI is InChI=1S/C12H27NO4/c1-12(13,11-14)5-3-6-16-7-4-8-17-10-9-15-2/h14H,3-11,13H2,1-2H3. The van der Waals surface area contributed by atoms with Crippen LogP contribution >= 0.6 is 0 Å². The van der Waals surface area contributed by atoms with Gasteiger partial charge in [-0.3, -0.25) is 0 Å². The molecule has 5 heteroatoms. The summed E-state index contributed by atoms with van der Waals surface area (Å²) in [6, 6.07) is 0. The second-order valence-electron chi connectivity index (χ2n) is 4.49. The Morgan fingerprint density at radius 3 is 2.18 bits per heavy atom. The molecule has 0 aromatic carbocycles. The van der Waals surface area contributed by atoms with E-state index >= 15 is 0 Å². The molecule has 0 aromatic rings. The van der Waals surface area contributed by atoms with Crippen molar-refractivity contribution in [3.05, 3.63) is 0 Å². The van der Waals surface area contributed by atoms with E-state index in [0.717, 1.165) is 19.3 Å². The molecule has 1 atom stereocenters. The van der Waals surface area contributed by atoms with Crippen LogP contribution < -0.4 is 5.73 Å². The number of hydrogen-bond acceptors (Lipinski definition) is 5. The van der Waals surface area contributed by atoms with E-state index in [1.807, 2.05) is 6.92 Å². The SMILES string of the molecule is COCCOCCCOCCCC(C)(N)CO. The van der Waals surface area contributed by atoms with Crippen molar-refractivity contribution in [1.29, 1.82) is 0 Å². The van der Waals surface area contributed by atoms with Gasteiger partial charge < -0.3 is 25.1 Å². The fourth-order valence-electron chi connectivity index (χ4n) is 1.27. The molecule has 1 unspecified atom stereocenters. The van der Waals surface area contributed by atoms with Crippen LogP contribution in [-0.4, -0.2) is 57.4 Å². The molecule has 0 aliphatic heterocycles. The number of nitrogens with two attached hydrogens (primary N) is 1. The predicted octanol–water partition coefficient (Wildman–Crippen LogP) is 0.546. The monoisotopic (exact) mass is 249 g/mol. The van der Waals surface area contributed by atoms with E-state index in [1.54, 1.807) is 7.11 Å². The molecule has 3 N–H and O–H groups in total. The summed E-state index contributed by atoms with van der Waals surface area (Å²) < 4.78 is 15.6. The largest absolute Gasteiger partial charge is 0.394 e. The average Bonchev–Trinajstić information content (AvgIpc) is 2.31. The molecule has 17 heavy (non-hydrogen) atoms. The normalized spacial score (nSPS) is 14.8. The Labute approximate surface area is 104 Å². The third kappa shape index (κ3) is 12.1. The Hall–Kier alpha value is -0.200. The van der Waals surface area contributed by atoms with E-state index in [9.17, 15) is 0 Å². The van der Waals surface area contributed by atoms with Gasteiger partial charge in [0.15, 0.2) is 0 Å². The average molecular weight is 249 g/mol. The van der Waals surface area contributed by atoms with E-state index < -0.39 is 5.54 Å². The lowest BCUT2D eigenvalue weighted by molar-refractivity contribution is 0.0498. The third-order valence-corrected chi connectivity index (χ3v) is 2.41. The number of aliphatic hydroxyl groups excluding tert-OH is 1. The summed E-state index contributed by atoms with van der Waals surface area (Å²) >= 11 is 0. The van der Waals surface area contributed by atoms with Gasteiger partial charge in [-0.2, -0.15) is 0 Å². The molecule has 0 aromatic heterocycles. The number of ether oxygens (including phenoxy) is 3. The Morgan fingerprint density at radius 2 is 1.59 bits per heavy atom. The minimum atomic E-state index is -0.480. The summed E-state index contributed by atoms with van der Waals surface area (Å²) in [6.07, 6.45) is 2.54. The fourth-order valence-corrected chi connectivity index (χ4v) is 1.27. The van der Waals surface area contributed by atoms with Crippen molar-refractivity contribution >= 4 is 0 Å². The van der Waals surface area contributed by atoms with Gasteiger partial charge in [-0.15, -0.1) is 0 Å². The van der Waals surface area contributed by atoms with Crippen molar-refractivity contribution in [2.75, 3.05) is 46.8 Å². The van der Waals surface area contributed by atoms with Crippen molar-refractivity contribution in [1.82, 2.24) is 0 Å². The van der Waals surface area contributed by atoms with Gasteiger partial charge in [0.05, 0.1) is 19.8 Å². The lowest BCUT2D eigenvalue weighted by Crippen LogP contribution is -2.40. The number of methoxy groups -OCH3 is 1. The van der Waals surface area contributed by atoms with E-state index in [1.165, 1.54) is 0 Å². The first-order chi connectivity index (χ1) is 8.12. The molecule has 0 saturated carbocycles. The zero-order valence-electron chi connectivity index (χ0n) is 11.1. The van der Waals surface area contributed by atoms with Gasteiger partial charge in [0.2, 0.25) is 0 Å². The zero-order valence-corrected chi connectivity index (χ0v) is 11.1. The maximum absolute atomic E-state index is 8.94. The van der Waals surface area contributed by atoms with Crippen molar-refractivity contribution in [3.8, 4) is 0 Å². The number of aliphatic hydroxyl groups is 1. The molecular formula is C12H27NO4. The smallest absolute Gasteiger partial charge is 0.0700 e. The highest BCUT2D eigenvalue weighted by atomic mass is 16.5. The fraction of sp³-hybridized carbons (Fsp3) is 1.00. The van der Waals surface area contributed by atoms with Crippen LogP contribution in [0.5, 0.6) is 0 Å². The van der Waals surface area contributed by atoms with Crippen LogP contribution in [0.2, 0.25) is 0 Å². The first kappa shape index (κ1) is 16.8.